The van der Waals surface area contributed by atoms with Crippen LogP contribution >= 0.6 is 24.8 Å². The van der Waals surface area contributed by atoms with E-state index >= 15 is 0 Å². The van der Waals surface area contributed by atoms with Gasteiger partial charge in [0.25, 0.3) is 0 Å². The van der Waals surface area contributed by atoms with E-state index in [-0.39, 0.29) is 24.8 Å². The third kappa shape index (κ3) is 5.46. The summed E-state index contributed by atoms with van der Waals surface area (Å²) in [6.07, 6.45) is 6.95. The van der Waals surface area contributed by atoms with Crippen molar-refractivity contribution in [3.63, 3.8) is 0 Å². The third-order valence-electron chi connectivity index (χ3n) is 4.10. The van der Waals surface area contributed by atoms with Crippen LogP contribution in [0.5, 0.6) is 0 Å². The Hall–Kier alpha value is -0.0300. The Balaban J connectivity index is 0.00000162. The summed E-state index contributed by atoms with van der Waals surface area (Å²) >= 11 is 0. The molecular weight excluding hydrogens is 285 g/mol. The lowest BCUT2D eigenvalue weighted by atomic mass is 10.1. The molecule has 114 valence electrons. The molecule has 2 N–H and O–H groups in total. The first-order chi connectivity index (χ1) is 8.31. The number of piperazine rings is 1. The number of hydrogen-bond donors (Lipinski definition) is 1. The zero-order valence-corrected chi connectivity index (χ0v) is 13.2. The molecule has 1 saturated heterocycles. The molecule has 1 aliphatic heterocycles. The summed E-state index contributed by atoms with van der Waals surface area (Å²) in [4.78, 5) is 16.4. The smallest absolute Gasteiger partial charge is 0.222 e. The highest BCUT2D eigenvalue weighted by molar-refractivity contribution is 5.85. The first-order valence-electron chi connectivity index (χ1n) is 7.03. The number of amides is 1. The van der Waals surface area contributed by atoms with E-state index in [0.717, 1.165) is 38.6 Å². The van der Waals surface area contributed by atoms with E-state index in [1.54, 1.807) is 0 Å². The fourth-order valence-electron chi connectivity index (χ4n) is 3.02. The highest BCUT2D eigenvalue weighted by atomic mass is 35.5. The molecular formula is C13H27Cl2N3O. The molecule has 2 aliphatic rings. The van der Waals surface area contributed by atoms with Crippen molar-refractivity contribution >= 4 is 30.7 Å². The lowest BCUT2D eigenvalue weighted by Gasteiger charge is -2.38. The minimum Gasteiger partial charge on any atom is -0.340 e. The third-order valence-corrected chi connectivity index (χ3v) is 4.10. The van der Waals surface area contributed by atoms with E-state index in [1.807, 2.05) is 4.90 Å². The Morgan fingerprint density at radius 2 is 1.63 bits per heavy atom. The molecule has 1 saturated carbocycles. The molecule has 0 atom stereocenters. The van der Waals surface area contributed by atoms with E-state index in [4.69, 9.17) is 5.73 Å². The molecule has 19 heavy (non-hydrogen) atoms. The lowest BCUT2D eigenvalue weighted by molar-refractivity contribution is -0.133. The van der Waals surface area contributed by atoms with E-state index in [0.29, 0.717) is 18.9 Å². The van der Waals surface area contributed by atoms with Crippen LogP contribution in [-0.2, 0) is 4.79 Å². The van der Waals surface area contributed by atoms with Crippen LogP contribution in [0.25, 0.3) is 0 Å². The molecule has 0 radical (unpaired) electrons. The number of carbonyl (C=O) groups is 1. The van der Waals surface area contributed by atoms with Gasteiger partial charge in [-0.3, -0.25) is 9.69 Å². The normalized spacial score (nSPS) is 20.8. The first-order valence-corrected chi connectivity index (χ1v) is 7.03. The summed E-state index contributed by atoms with van der Waals surface area (Å²) in [5.74, 6) is 0.293. The predicted octanol–water partition coefficient (Wildman–Crippen LogP) is 1.66. The maximum Gasteiger partial charge on any atom is 0.222 e. The van der Waals surface area contributed by atoms with E-state index in [2.05, 4.69) is 4.90 Å². The molecule has 0 aromatic rings. The highest BCUT2D eigenvalue weighted by Crippen LogP contribution is 2.24. The van der Waals surface area contributed by atoms with Crippen molar-refractivity contribution in [3.8, 4) is 0 Å². The highest BCUT2D eigenvalue weighted by Gasteiger charge is 2.27. The Morgan fingerprint density at radius 1 is 1.05 bits per heavy atom. The van der Waals surface area contributed by atoms with Crippen LogP contribution in [0.15, 0.2) is 0 Å². The van der Waals surface area contributed by atoms with Crippen molar-refractivity contribution < 1.29 is 4.79 Å². The molecule has 2 fully saturated rings. The van der Waals surface area contributed by atoms with E-state index in [1.165, 1.54) is 25.7 Å². The second-order valence-corrected chi connectivity index (χ2v) is 5.25. The molecule has 1 heterocycles. The second-order valence-electron chi connectivity index (χ2n) is 5.25. The van der Waals surface area contributed by atoms with Gasteiger partial charge in [0.05, 0.1) is 0 Å². The minimum absolute atomic E-state index is 0. The summed E-state index contributed by atoms with van der Waals surface area (Å²) in [7, 11) is 0. The summed E-state index contributed by atoms with van der Waals surface area (Å²) in [6, 6.07) is 0.802. The Kier molecular flexibility index (Phi) is 9.79. The lowest BCUT2D eigenvalue weighted by Crippen LogP contribution is -2.51. The fraction of sp³-hybridized carbons (Fsp3) is 0.923. The quantitative estimate of drug-likeness (QED) is 0.859. The van der Waals surface area contributed by atoms with Crippen molar-refractivity contribution in [1.29, 1.82) is 0 Å². The fourth-order valence-corrected chi connectivity index (χ4v) is 3.02. The van der Waals surface area contributed by atoms with Crippen LogP contribution in [0.4, 0.5) is 0 Å². The molecule has 1 amide bonds. The Labute approximate surface area is 128 Å². The molecule has 0 aromatic carbocycles. The Morgan fingerprint density at radius 3 is 2.16 bits per heavy atom. The maximum atomic E-state index is 11.8. The van der Waals surface area contributed by atoms with Gasteiger partial charge < -0.3 is 10.6 Å². The van der Waals surface area contributed by atoms with Gasteiger partial charge in [0.15, 0.2) is 0 Å². The number of carbonyl (C=O) groups excluding carboxylic acids is 1. The summed E-state index contributed by atoms with van der Waals surface area (Å²) < 4.78 is 0. The van der Waals surface area contributed by atoms with Crippen LogP contribution in [-0.4, -0.2) is 54.5 Å². The first kappa shape index (κ1) is 19.0. The van der Waals surface area contributed by atoms with E-state index < -0.39 is 0 Å². The zero-order valence-electron chi connectivity index (χ0n) is 11.6. The van der Waals surface area contributed by atoms with Crippen molar-refractivity contribution in [2.75, 3.05) is 32.7 Å². The van der Waals surface area contributed by atoms with Crippen LogP contribution in [0.3, 0.4) is 0 Å². The number of rotatable bonds is 4. The molecule has 6 heteroatoms. The molecule has 0 aromatic heterocycles. The van der Waals surface area contributed by atoms with Crippen LogP contribution < -0.4 is 5.73 Å². The summed E-state index contributed by atoms with van der Waals surface area (Å²) in [5.41, 5.74) is 5.43. The van der Waals surface area contributed by atoms with Gasteiger partial charge in [0, 0.05) is 38.6 Å². The van der Waals surface area contributed by atoms with Gasteiger partial charge >= 0.3 is 0 Å². The molecule has 0 bridgehead atoms. The largest absolute Gasteiger partial charge is 0.340 e. The monoisotopic (exact) mass is 311 g/mol. The van der Waals surface area contributed by atoms with Gasteiger partial charge in [-0.2, -0.15) is 0 Å². The van der Waals surface area contributed by atoms with Crippen LogP contribution in [0, 0.1) is 0 Å². The average Bonchev–Trinajstić information content (AvgIpc) is 2.90. The number of hydrogen-bond acceptors (Lipinski definition) is 3. The SMILES string of the molecule is Cl.Cl.NCCCC(=O)N1CCN(C2CCCC2)CC1. The molecule has 4 nitrogen and oxygen atoms in total. The summed E-state index contributed by atoms with van der Waals surface area (Å²) in [5, 5.41) is 0. The van der Waals surface area contributed by atoms with Crippen molar-refractivity contribution in [1.82, 2.24) is 9.80 Å². The van der Waals surface area contributed by atoms with E-state index in [9.17, 15) is 4.79 Å². The minimum atomic E-state index is 0. The van der Waals surface area contributed by atoms with Gasteiger partial charge in [-0.05, 0) is 25.8 Å². The van der Waals surface area contributed by atoms with Gasteiger partial charge in [0.2, 0.25) is 5.91 Å². The van der Waals surface area contributed by atoms with Crippen LogP contribution in [0.1, 0.15) is 38.5 Å². The molecule has 1 aliphatic carbocycles. The number of halogens is 2. The second kappa shape index (κ2) is 9.81. The number of nitrogens with two attached hydrogens (primary N) is 1. The molecule has 0 unspecified atom stereocenters. The average molecular weight is 312 g/mol. The Bertz CT molecular complexity index is 252. The van der Waals surface area contributed by atoms with Crippen LogP contribution in [0.2, 0.25) is 0 Å². The predicted molar refractivity (Wildman–Crippen MR) is 83.2 cm³/mol. The van der Waals surface area contributed by atoms with Gasteiger partial charge in [0.1, 0.15) is 0 Å². The number of nitrogens with zero attached hydrogens (tertiary/aromatic N) is 2. The van der Waals surface area contributed by atoms with Gasteiger partial charge in [-0.25, -0.2) is 0 Å². The van der Waals surface area contributed by atoms with Crippen molar-refractivity contribution in [3.05, 3.63) is 0 Å². The summed E-state index contributed by atoms with van der Waals surface area (Å²) in [6.45, 7) is 4.59. The molecule has 0 spiro atoms. The zero-order chi connectivity index (χ0) is 12.1. The van der Waals surface area contributed by atoms with Gasteiger partial charge in [-0.15, -0.1) is 24.8 Å². The maximum absolute atomic E-state index is 11.8. The van der Waals surface area contributed by atoms with Crippen molar-refractivity contribution in [2.45, 2.75) is 44.6 Å². The van der Waals surface area contributed by atoms with Crippen molar-refractivity contribution in [2.24, 2.45) is 5.73 Å². The standard InChI is InChI=1S/C13H25N3O.2ClH/c14-7-3-6-13(17)16-10-8-15(9-11-16)12-4-1-2-5-12;;/h12H,1-11,14H2;2*1H. The van der Waals surface area contributed by atoms with Gasteiger partial charge in [-0.1, -0.05) is 12.8 Å². The topological polar surface area (TPSA) is 49.6 Å². The molecule has 2 rings (SSSR count).